The molecule has 0 rings (SSSR count). The summed E-state index contributed by atoms with van der Waals surface area (Å²) >= 11 is 0. The number of nitrogens with two attached hydrogens (primary N) is 1. The van der Waals surface area contributed by atoms with Crippen LogP contribution in [0.5, 0.6) is 0 Å². The van der Waals surface area contributed by atoms with Crippen LogP contribution < -0.4 is 5.73 Å². The Morgan fingerprint density at radius 3 is 2.13 bits per heavy atom. The van der Waals surface area contributed by atoms with Gasteiger partial charge in [0, 0.05) is 13.6 Å². The Balaban J connectivity index is 3.89. The van der Waals surface area contributed by atoms with E-state index in [1.54, 1.807) is 4.90 Å². The van der Waals surface area contributed by atoms with Crippen LogP contribution in [0.15, 0.2) is 0 Å². The minimum Gasteiger partial charge on any atom is -0.344 e. The molecule has 0 aromatic heterocycles. The molecule has 0 aromatic carbocycles. The summed E-state index contributed by atoms with van der Waals surface area (Å²) in [4.78, 5) is 15.6. The van der Waals surface area contributed by atoms with E-state index in [0.717, 1.165) is 19.5 Å². The number of carbonyl (C=O) groups is 1. The van der Waals surface area contributed by atoms with Gasteiger partial charge < -0.3 is 15.5 Å². The van der Waals surface area contributed by atoms with E-state index in [1.165, 1.54) is 0 Å². The van der Waals surface area contributed by atoms with E-state index in [1.807, 2.05) is 35.0 Å². The number of likely N-dealkylation sites (N-methyl/N-ethyl adjacent to an activating group) is 1. The molecule has 0 aliphatic rings. The molecule has 4 nitrogen and oxygen atoms in total. The highest BCUT2D eigenvalue weighted by molar-refractivity contribution is 5.81. The molecule has 90 valence electrons. The lowest BCUT2D eigenvalue weighted by atomic mass is 10.0. The first-order chi connectivity index (χ1) is 6.86. The molecule has 0 radical (unpaired) electrons. The fraction of sp³-hybridized carbons (Fsp3) is 0.909. The second-order valence-electron chi connectivity index (χ2n) is 4.69. The lowest BCUT2D eigenvalue weighted by Crippen LogP contribution is -2.45. The van der Waals surface area contributed by atoms with Gasteiger partial charge in [0.25, 0.3) is 0 Å². The molecule has 0 spiro atoms. The van der Waals surface area contributed by atoms with Gasteiger partial charge in [0.2, 0.25) is 5.91 Å². The molecule has 2 N–H and O–H groups in total. The van der Waals surface area contributed by atoms with Crippen molar-refractivity contribution in [2.24, 2.45) is 11.7 Å². The zero-order valence-electron chi connectivity index (χ0n) is 10.7. The van der Waals surface area contributed by atoms with Gasteiger partial charge in [-0.2, -0.15) is 0 Å². The summed E-state index contributed by atoms with van der Waals surface area (Å²) in [7, 11) is 5.88. The Morgan fingerprint density at radius 1 is 1.20 bits per heavy atom. The van der Waals surface area contributed by atoms with Gasteiger partial charge in [-0.15, -0.1) is 0 Å². The quantitative estimate of drug-likeness (QED) is 0.697. The maximum Gasteiger partial charge on any atom is 0.239 e. The van der Waals surface area contributed by atoms with Crippen LogP contribution in [0.25, 0.3) is 0 Å². The van der Waals surface area contributed by atoms with Crippen LogP contribution in [0.4, 0.5) is 0 Å². The molecular weight excluding hydrogens is 190 g/mol. The highest BCUT2D eigenvalue weighted by atomic mass is 16.2. The number of rotatable bonds is 6. The Bertz CT molecular complexity index is 192. The van der Waals surface area contributed by atoms with Gasteiger partial charge in [-0.3, -0.25) is 4.79 Å². The summed E-state index contributed by atoms with van der Waals surface area (Å²) < 4.78 is 0. The molecule has 0 fully saturated rings. The molecule has 0 saturated carbocycles. The largest absolute Gasteiger partial charge is 0.344 e. The van der Waals surface area contributed by atoms with Crippen molar-refractivity contribution >= 4 is 5.91 Å². The number of carbonyl (C=O) groups excluding carboxylic acids is 1. The zero-order chi connectivity index (χ0) is 12.0. The molecule has 0 saturated heterocycles. The van der Waals surface area contributed by atoms with Crippen molar-refractivity contribution in [2.45, 2.75) is 26.3 Å². The van der Waals surface area contributed by atoms with E-state index in [9.17, 15) is 4.79 Å². The van der Waals surface area contributed by atoms with Crippen LogP contribution >= 0.6 is 0 Å². The average molecular weight is 215 g/mol. The third-order valence-corrected chi connectivity index (χ3v) is 2.48. The number of amides is 1. The SMILES string of the molecule is CC(C)[C@@H](N)C(=O)N(C)CCCN(C)C. The van der Waals surface area contributed by atoms with Crippen LogP contribution in [-0.4, -0.2) is 56.0 Å². The Labute approximate surface area is 93.4 Å². The second-order valence-corrected chi connectivity index (χ2v) is 4.69. The molecule has 4 heteroatoms. The molecule has 0 unspecified atom stereocenters. The predicted molar refractivity (Wildman–Crippen MR) is 63.6 cm³/mol. The van der Waals surface area contributed by atoms with Gasteiger partial charge in [0.05, 0.1) is 6.04 Å². The van der Waals surface area contributed by atoms with Crippen LogP contribution in [0.3, 0.4) is 0 Å². The molecule has 0 heterocycles. The van der Waals surface area contributed by atoms with Crippen molar-refractivity contribution in [2.75, 3.05) is 34.2 Å². The van der Waals surface area contributed by atoms with Crippen molar-refractivity contribution in [3.63, 3.8) is 0 Å². The van der Waals surface area contributed by atoms with Gasteiger partial charge in [-0.05, 0) is 33.0 Å². The van der Waals surface area contributed by atoms with E-state index in [0.29, 0.717) is 0 Å². The van der Waals surface area contributed by atoms with Gasteiger partial charge in [0.15, 0.2) is 0 Å². The van der Waals surface area contributed by atoms with E-state index < -0.39 is 0 Å². The van der Waals surface area contributed by atoms with Gasteiger partial charge >= 0.3 is 0 Å². The number of hydrogen-bond donors (Lipinski definition) is 1. The van der Waals surface area contributed by atoms with Crippen molar-refractivity contribution in [3.8, 4) is 0 Å². The summed E-state index contributed by atoms with van der Waals surface area (Å²) in [5.41, 5.74) is 5.79. The lowest BCUT2D eigenvalue weighted by molar-refractivity contribution is -0.132. The van der Waals surface area contributed by atoms with Crippen LogP contribution in [-0.2, 0) is 4.79 Å². The van der Waals surface area contributed by atoms with Crippen LogP contribution in [0, 0.1) is 5.92 Å². The number of hydrogen-bond acceptors (Lipinski definition) is 3. The fourth-order valence-corrected chi connectivity index (χ4v) is 1.27. The van der Waals surface area contributed by atoms with E-state index in [2.05, 4.69) is 4.90 Å². The zero-order valence-corrected chi connectivity index (χ0v) is 10.7. The molecular formula is C11H25N3O. The standard InChI is InChI=1S/C11H25N3O/c1-9(2)10(12)11(15)14(5)8-6-7-13(3)4/h9-10H,6-8,12H2,1-5H3/t10-/m1/s1. The molecule has 1 atom stereocenters. The van der Waals surface area contributed by atoms with Crippen molar-refractivity contribution in [1.82, 2.24) is 9.80 Å². The summed E-state index contributed by atoms with van der Waals surface area (Å²) in [5.74, 6) is 0.248. The first-order valence-electron chi connectivity index (χ1n) is 5.51. The minimum atomic E-state index is -0.366. The maximum atomic E-state index is 11.7. The summed E-state index contributed by atoms with van der Waals surface area (Å²) in [6.45, 7) is 5.71. The van der Waals surface area contributed by atoms with Crippen LogP contribution in [0.2, 0.25) is 0 Å². The lowest BCUT2D eigenvalue weighted by Gasteiger charge is -2.23. The summed E-state index contributed by atoms with van der Waals surface area (Å²) in [6.07, 6.45) is 0.986. The molecule has 15 heavy (non-hydrogen) atoms. The summed E-state index contributed by atoms with van der Waals surface area (Å²) in [5, 5.41) is 0. The monoisotopic (exact) mass is 215 g/mol. The van der Waals surface area contributed by atoms with E-state index in [-0.39, 0.29) is 17.9 Å². The molecule has 0 aliphatic carbocycles. The van der Waals surface area contributed by atoms with Crippen molar-refractivity contribution < 1.29 is 4.79 Å². The highest BCUT2D eigenvalue weighted by Crippen LogP contribution is 2.02. The second kappa shape index (κ2) is 6.80. The van der Waals surface area contributed by atoms with Gasteiger partial charge in [-0.25, -0.2) is 0 Å². The van der Waals surface area contributed by atoms with Crippen LogP contribution in [0.1, 0.15) is 20.3 Å². The molecule has 0 bridgehead atoms. The summed E-state index contributed by atoms with van der Waals surface area (Å²) in [6, 6.07) is -0.366. The highest BCUT2D eigenvalue weighted by Gasteiger charge is 2.20. The van der Waals surface area contributed by atoms with Gasteiger partial charge in [0.1, 0.15) is 0 Å². The fourth-order valence-electron chi connectivity index (χ4n) is 1.27. The Hall–Kier alpha value is -0.610. The third-order valence-electron chi connectivity index (χ3n) is 2.48. The van der Waals surface area contributed by atoms with Gasteiger partial charge in [-0.1, -0.05) is 13.8 Å². The molecule has 0 aliphatic heterocycles. The minimum absolute atomic E-state index is 0.0451. The Morgan fingerprint density at radius 2 is 1.73 bits per heavy atom. The normalized spacial score (nSPS) is 13.3. The smallest absolute Gasteiger partial charge is 0.239 e. The van der Waals surface area contributed by atoms with Crippen molar-refractivity contribution in [1.29, 1.82) is 0 Å². The first kappa shape index (κ1) is 14.4. The first-order valence-corrected chi connectivity index (χ1v) is 5.51. The van der Waals surface area contributed by atoms with Crippen molar-refractivity contribution in [3.05, 3.63) is 0 Å². The number of nitrogens with zero attached hydrogens (tertiary/aromatic N) is 2. The molecule has 0 aromatic rings. The van der Waals surface area contributed by atoms with E-state index >= 15 is 0 Å². The maximum absolute atomic E-state index is 11.7. The molecule has 1 amide bonds. The average Bonchev–Trinajstić information content (AvgIpc) is 2.14. The predicted octanol–water partition coefficient (Wildman–Crippen LogP) is 0.380. The topological polar surface area (TPSA) is 49.6 Å². The Kier molecular flexibility index (Phi) is 6.52. The van der Waals surface area contributed by atoms with E-state index in [4.69, 9.17) is 5.73 Å². The third kappa shape index (κ3) is 5.74.